The number of hydrogen-bond donors (Lipinski definition) is 2. The average molecular weight is 244 g/mol. The van der Waals surface area contributed by atoms with Gasteiger partial charge in [-0.15, -0.1) is 0 Å². The number of carbonyl (C=O) groups is 1. The Bertz CT molecular complexity index is 603. The smallest absolute Gasteiger partial charge is 0.323 e. The largest absolute Gasteiger partial charge is 0.468 e. The Morgan fingerprint density at radius 1 is 1.39 bits per heavy atom. The summed E-state index contributed by atoms with van der Waals surface area (Å²) in [5.74, 6) is -0.196. The van der Waals surface area contributed by atoms with Crippen LogP contribution in [0.3, 0.4) is 0 Å². The highest BCUT2D eigenvalue weighted by Crippen LogP contribution is 2.31. The number of H-pyrrole nitrogens is 1. The number of rotatable bonds is 1. The van der Waals surface area contributed by atoms with Crippen LogP contribution in [0.25, 0.3) is 10.9 Å². The van der Waals surface area contributed by atoms with E-state index < -0.39 is 0 Å². The number of methoxy groups -OCH3 is 1. The number of carbonyl (C=O) groups excluding carboxylic acids is 1. The van der Waals surface area contributed by atoms with Gasteiger partial charge in [0.1, 0.15) is 6.04 Å². The van der Waals surface area contributed by atoms with Crippen LogP contribution in [0.15, 0.2) is 24.3 Å². The van der Waals surface area contributed by atoms with Crippen molar-refractivity contribution in [2.75, 3.05) is 7.11 Å². The van der Waals surface area contributed by atoms with Crippen molar-refractivity contribution < 1.29 is 9.53 Å². The predicted molar refractivity (Wildman–Crippen MR) is 69.4 cm³/mol. The number of para-hydroxylation sites is 1. The van der Waals surface area contributed by atoms with Crippen LogP contribution in [0.4, 0.5) is 0 Å². The molecule has 0 aliphatic carbocycles. The zero-order chi connectivity index (χ0) is 12.7. The van der Waals surface area contributed by atoms with Crippen molar-refractivity contribution in [2.45, 2.75) is 25.4 Å². The minimum Gasteiger partial charge on any atom is -0.468 e. The lowest BCUT2D eigenvalue weighted by Crippen LogP contribution is -2.44. The molecule has 0 unspecified atom stereocenters. The molecule has 2 aromatic rings. The van der Waals surface area contributed by atoms with E-state index in [1.165, 1.54) is 23.8 Å². The zero-order valence-corrected chi connectivity index (χ0v) is 10.5. The summed E-state index contributed by atoms with van der Waals surface area (Å²) >= 11 is 0. The van der Waals surface area contributed by atoms with Crippen LogP contribution in [0, 0.1) is 0 Å². The molecule has 94 valence electrons. The number of aromatic amines is 1. The maximum Gasteiger partial charge on any atom is 0.323 e. The summed E-state index contributed by atoms with van der Waals surface area (Å²) in [5.41, 5.74) is 3.53. The molecule has 18 heavy (non-hydrogen) atoms. The van der Waals surface area contributed by atoms with E-state index in [1.54, 1.807) is 0 Å². The molecule has 0 saturated heterocycles. The van der Waals surface area contributed by atoms with Gasteiger partial charge in [-0.1, -0.05) is 18.2 Å². The van der Waals surface area contributed by atoms with Gasteiger partial charge in [0.15, 0.2) is 0 Å². The summed E-state index contributed by atoms with van der Waals surface area (Å²) in [7, 11) is 1.43. The Hall–Kier alpha value is -1.81. The van der Waals surface area contributed by atoms with Crippen LogP contribution in [0.1, 0.15) is 24.2 Å². The van der Waals surface area contributed by atoms with Crippen molar-refractivity contribution in [2.24, 2.45) is 0 Å². The second kappa shape index (κ2) is 4.14. The molecule has 0 spiro atoms. The Morgan fingerprint density at radius 2 is 2.17 bits per heavy atom. The SMILES string of the molecule is COC(=O)[C@H]1Cc2c([nH]c3ccccc23)[C@@H](C)N1. The highest BCUT2D eigenvalue weighted by atomic mass is 16.5. The van der Waals surface area contributed by atoms with Crippen molar-refractivity contribution in [1.29, 1.82) is 0 Å². The molecule has 0 radical (unpaired) electrons. The van der Waals surface area contributed by atoms with Gasteiger partial charge in [0.2, 0.25) is 0 Å². The highest BCUT2D eigenvalue weighted by Gasteiger charge is 2.31. The maximum atomic E-state index is 11.7. The minimum absolute atomic E-state index is 0.130. The maximum absolute atomic E-state index is 11.7. The molecule has 3 rings (SSSR count). The van der Waals surface area contributed by atoms with E-state index in [0.717, 1.165) is 5.52 Å². The van der Waals surface area contributed by atoms with E-state index in [2.05, 4.69) is 29.4 Å². The van der Waals surface area contributed by atoms with Gasteiger partial charge < -0.3 is 9.72 Å². The van der Waals surface area contributed by atoms with Crippen molar-refractivity contribution >= 4 is 16.9 Å². The summed E-state index contributed by atoms with van der Waals surface area (Å²) in [4.78, 5) is 15.1. The van der Waals surface area contributed by atoms with Gasteiger partial charge in [-0.05, 0) is 18.6 Å². The number of nitrogens with one attached hydrogen (secondary N) is 2. The lowest BCUT2D eigenvalue weighted by molar-refractivity contribution is -0.143. The van der Waals surface area contributed by atoms with Crippen LogP contribution in [-0.4, -0.2) is 24.1 Å². The summed E-state index contributed by atoms with van der Waals surface area (Å²) in [6, 6.07) is 8.07. The first-order chi connectivity index (χ1) is 8.70. The third kappa shape index (κ3) is 1.61. The third-order valence-corrected chi connectivity index (χ3v) is 3.62. The summed E-state index contributed by atoms with van der Waals surface area (Å²) in [6.45, 7) is 2.06. The minimum atomic E-state index is -0.253. The second-order valence-corrected chi connectivity index (χ2v) is 4.73. The van der Waals surface area contributed by atoms with Gasteiger partial charge >= 0.3 is 5.97 Å². The van der Waals surface area contributed by atoms with E-state index in [0.29, 0.717) is 6.42 Å². The van der Waals surface area contributed by atoms with E-state index in [1.807, 2.05) is 12.1 Å². The third-order valence-electron chi connectivity index (χ3n) is 3.62. The number of benzene rings is 1. The standard InChI is InChI=1S/C14H16N2O2/c1-8-13-10(7-12(15-8)14(17)18-2)9-5-3-4-6-11(9)16-13/h3-6,8,12,15-16H,7H2,1-2H3/t8-,12-/m1/s1. The van der Waals surface area contributed by atoms with Crippen LogP contribution in [0.2, 0.25) is 0 Å². The molecule has 2 atom stereocenters. The molecule has 0 amide bonds. The topological polar surface area (TPSA) is 54.1 Å². The van der Waals surface area contributed by atoms with Gasteiger partial charge in [0.05, 0.1) is 7.11 Å². The number of hydrogen-bond acceptors (Lipinski definition) is 3. The van der Waals surface area contributed by atoms with E-state index in [9.17, 15) is 4.79 Å². The molecule has 2 heterocycles. The van der Waals surface area contributed by atoms with Crippen LogP contribution >= 0.6 is 0 Å². The molecule has 0 saturated carbocycles. The summed E-state index contributed by atoms with van der Waals surface area (Å²) in [5, 5.41) is 4.48. The molecule has 4 nitrogen and oxygen atoms in total. The first kappa shape index (κ1) is 11.3. The Morgan fingerprint density at radius 3 is 2.94 bits per heavy atom. The predicted octanol–water partition coefficient (Wildman–Crippen LogP) is 1.92. The van der Waals surface area contributed by atoms with Crippen LogP contribution < -0.4 is 5.32 Å². The van der Waals surface area contributed by atoms with Crippen LogP contribution in [-0.2, 0) is 16.0 Å². The van der Waals surface area contributed by atoms with E-state index in [4.69, 9.17) is 4.74 Å². The molecular formula is C14H16N2O2. The monoisotopic (exact) mass is 244 g/mol. The summed E-state index contributed by atoms with van der Waals surface area (Å²) in [6.07, 6.45) is 0.677. The molecule has 1 aliphatic heterocycles. The lowest BCUT2D eigenvalue weighted by atomic mass is 9.95. The lowest BCUT2D eigenvalue weighted by Gasteiger charge is -2.27. The first-order valence-electron chi connectivity index (χ1n) is 6.14. The van der Waals surface area contributed by atoms with Gasteiger partial charge in [-0.2, -0.15) is 0 Å². The molecule has 1 aromatic heterocycles. The number of esters is 1. The average Bonchev–Trinajstić information content (AvgIpc) is 2.77. The summed E-state index contributed by atoms with van der Waals surface area (Å²) < 4.78 is 4.83. The Kier molecular flexibility index (Phi) is 2.59. The van der Waals surface area contributed by atoms with Gasteiger partial charge in [-0.25, -0.2) is 0 Å². The van der Waals surface area contributed by atoms with E-state index in [-0.39, 0.29) is 18.1 Å². The van der Waals surface area contributed by atoms with Gasteiger partial charge in [0, 0.05) is 29.1 Å². The van der Waals surface area contributed by atoms with Crippen molar-refractivity contribution in [3.63, 3.8) is 0 Å². The Balaban J connectivity index is 2.09. The van der Waals surface area contributed by atoms with Crippen LogP contribution in [0.5, 0.6) is 0 Å². The molecule has 2 N–H and O–H groups in total. The van der Waals surface area contributed by atoms with Crippen molar-refractivity contribution in [3.8, 4) is 0 Å². The van der Waals surface area contributed by atoms with Crippen molar-refractivity contribution in [3.05, 3.63) is 35.5 Å². The first-order valence-corrected chi connectivity index (χ1v) is 6.14. The molecule has 1 aromatic carbocycles. The fourth-order valence-corrected chi connectivity index (χ4v) is 2.75. The highest BCUT2D eigenvalue weighted by molar-refractivity contribution is 5.87. The quantitative estimate of drug-likeness (QED) is 0.753. The molecule has 0 fully saturated rings. The molecule has 4 heteroatoms. The number of fused-ring (bicyclic) bond motifs is 3. The van der Waals surface area contributed by atoms with Gasteiger partial charge in [0.25, 0.3) is 0 Å². The zero-order valence-electron chi connectivity index (χ0n) is 10.5. The number of aromatic nitrogens is 1. The van der Waals surface area contributed by atoms with Crippen molar-refractivity contribution in [1.82, 2.24) is 10.3 Å². The fraction of sp³-hybridized carbons (Fsp3) is 0.357. The normalized spacial score (nSPS) is 22.8. The molecule has 1 aliphatic rings. The fourth-order valence-electron chi connectivity index (χ4n) is 2.75. The molecular weight excluding hydrogens is 228 g/mol. The Labute approximate surface area is 105 Å². The number of ether oxygens (including phenoxy) is 1. The second-order valence-electron chi connectivity index (χ2n) is 4.73. The van der Waals surface area contributed by atoms with E-state index >= 15 is 0 Å². The van der Waals surface area contributed by atoms with Gasteiger partial charge in [-0.3, -0.25) is 10.1 Å². The molecule has 0 bridgehead atoms.